The van der Waals surface area contributed by atoms with E-state index in [1.54, 1.807) is 0 Å². The highest BCUT2D eigenvalue weighted by molar-refractivity contribution is 5.84. The van der Waals surface area contributed by atoms with Gasteiger partial charge < -0.3 is 5.21 Å². The highest BCUT2D eigenvalue weighted by Gasteiger charge is 2.80. The molecule has 0 N–H and O–H groups in total. The van der Waals surface area contributed by atoms with Crippen LogP contribution in [0, 0.1) is 22.5 Å². The van der Waals surface area contributed by atoms with Gasteiger partial charge in [0.1, 0.15) is 11.3 Å². The van der Waals surface area contributed by atoms with Gasteiger partial charge in [-0.25, -0.2) is 0 Å². The SMILES string of the molecule is CC1(C)[C@@]2(C)N=[N+]([O-])[C@]1(C)[C@@H]1/C=C\C=C/CCC(=O)[C@@H]12. The Morgan fingerprint density at radius 1 is 1.30 bits per heavy atom. The van der Waals surface area contributed by atoms with Crippen molar-refractivity contribution in [1.82, 2.24) is 0 Å². The molecule has 4 heteroatoms. The first-order valence-electron chi connectivity index (χ1n) is 7.33. The summed E-state index contributed by atoms with van der Waals surface area (Å²) in [5.74, 6) is -0.0287. The zero-order valence-electron chi connectivity index (χ0n) is 12.6. The number of carbonyl (C=O) groups excluding carboxylic acids is 1. The first-order valence-corrected chi connectivity index (χ1v) is 7.33. The van der Waals surface area contributed by atoms with Crippen molar-refractivity contribution in [3.63, 3.8) is 0 Å². The molecule has 1 saturated carbocycles. The molecule has 0 aromatic carbocycles. The molecule has 4 atom stereocenters. The Morgan fingerprint density at radius 3 is 2.70 bits per heavy atom. The highest BCUT2D eigenvalue weighted by Crippen LogP contribution is 2.66. The summed E-state index contributed by atoms with van der Waals surface area (Å²) in [6.07, 6.45) is 9.31. The van der Waals surface area contributed by atoms with E-state index in [-0.39, 0.29) is 23.0 Å². The Kier molecular flexibility index (Phi) is 2.57. The monoisotopic (exact) mass is 274 g/mol. The standard InChI is InChI=1S/C16H22N2O2/c1-14(2)15(3)13-11(16(14,4)18(20)17-15)9-7-5-6-8-10-12(13)19/h5-7,9,11,13H,8,10H2,1-4H3/b6-5-,9-7-/t11-,13-,15+,16-/m1/s1. The van der Waals surface area contributed by atoms with E-state index in [9.17, 15) is 10.0 Å². The molecule has 2 bridgehead atoms. The fourth-order valence-electron chi connectivity index (χ4n) is 4.39. The predicted molar refractivity (Wildman–Crippen MR) is 76.1 cm³/mol. The van der Waals surface area contributed by atoms with Gasteiger partial charge in [-0.05, 0) is 18.5 Å². The predicted octanol–water partition coefficient (Wildman–Crippen LogP) is 3.23. The molecule has 3 rings (SSSR count). The van der Waals surface area contributed by atoms with Gasteiger partial charge in [0, 0.05) is 13.3 Å². The molecular weight excluding hydrogens is 252 g/mol. The average Bonchev–Trinajstić information content (AvgIpc) is 2.64. The second-order valence-electron chi connectivity index (χ2n) is 7.11. The molecule has 0 amide bonds. The summed E-state index contributed by atoms with van der Waals surface area (Å²) in [6.45, 7) is 8.08. The van der Waals surface area contributed by atoms with Gasteiger partial charge >= 0.3 is 0 Å². The van der Waals surface area contributed by atoms with Crippen LogP contribution in [0.2, 0.25) is 0 Å². The topological polar surface area (TPSA) is 55.5 Å². The van der Waals surface area contributed by atoms with Crippen molar-refractivity contribution in [3.05, 3.63) is 29.5 Å². The van der Waals surface area contributed by atoms with Gasteiger partial charge in [-0.3, -0.25) is 4.79 Å². The number of rotatable bonds is 0. The van der Waals surface area contributed by atoms with Crippen LogP contribution in [0.3, 0.4) is 0 Å². The van der Waals surface area contributed by atoms with Crippen LogP contribution in [-0.2, 0) is 4.79 Å². The Hall–Kier alpha value is -1.45. The van der Waals surface area contributed by atoms with E-state index in [0.29, 0.717) is 6.42 Å². The number of hydrogen-bond donors (Lipinski definition) is 0. The minimum Gasteiger partial charge on any atom is -0.599 e. The van der Waals surface area contributed by atoms with E-state index in [2.05, 4.69) is 19.0 Å². The summed E-state index contributed by atoms with van der Waals surface area (Å²) < 4.78 is 0. The van der Waals surface area contributed by atoms with Gasteiger partial charge in [0.2, 0.25) is 5.54 Å². The lowest BCUT2D eigenvalue weighted by Gasteiger charge is -2.33. The third kappa shape index (κ3) is 1.25. The molecule has 0 radical (unpaired) electrons. The number of hydroxylamine groups is 1. The van der Waals surface area contributed by atoms with Crippen LogP contribution in [0.25, 0.3) is 0 Å². The molecule has 20 heavy (non-hydrogen) atoms. The fourth-order valence-corrected chi connectivity index (χ4v) is 4.39. The summed E-state index contributed by atoms with van der Waals surface area (Å²) in [4.78, 5) is 13.6. The van der Waals surface area contributed by atoms with Crippen molar-refractivity contribution in [1.29, 1.82) is 0 Å². The maximum atomic E-state index is 12.7. The Balaban J connectivity index is 2.22. The normalized spacial score (nSPS) is 48.8. The number of carbonyl (C=O) groups is 1. The van der Waals surface area contributed by atoms with E-state index in [1.807, 2.05) is 38.2 Å². The van der Waals surface area contributed by atoms with E-state index >= 15 is 0 Å². The van der Waals surface area contributed by atoms with Gasteiger partial charge in [0.05, 0.1) is 17.3 Å². The molecule has 0 saturated heterocycles. The fraction of sp³-hybridized carbons (Fsp3) is 0.688. The molecule has 0 spiro atoms. The second-order valence-corrected chi connectivity index (χ2v) is 7.11. The summed E-state index contributed by atoms with van der Waals surface area (Å²) in [5.41, 5.74) is -1.60. The smallest absolute Gasteiger partial charge is 0.210 e. The zero-order chi connectivity index (χ0) is 14.8. The Morgan fingerprint density at radius 2 is 2.00 bits per heavy atom. The van der Waals surface area contributed by atoms with Crippen LogP contribution in [0.15, 0.2) is 29.4 Å². The number of allylic oxidation sites excluding steroid dienone is 3. The maximum Gasteiger partial charge on any atom is 0.210 e. The van der Waals surface area contributed by atoms with Gasteiger partial charge in [0.25, 0.3) is 0 Å². The molecule has 3 aliphatic rings. The van der Waals surface area contributed by atoms with Crippen molar-refractivity contribution < 1.29 is 9.66 Å². The molecule has 0 aromatic heterocycles. The van der Waals surface area contributed by atoms with Crippen LogP contribution in [0.5, 0.6) is 0 Å². The first-order chi connectivity index (χ1) is 9.27. The molecule has 1 aliphatic heterocycles. The van der Waals surface area contributed by atoms with Crippen LogP contribution in [0.1, 0.15) is 40.5 Å². The molecule has 0 unspecified atom stereocenters. The van der Waals surface area contributed by atoms with Gasteiger partial charge in [-0.15, -0.1) is 0 Å². The molecular formula is C16H22N2O2. The van der Waals surface area contributed by atoms with Crippen molar-refractivity contribution in [2.45, 2.75) is 51.6 Å². The first kappa shape index (κ1) is 13.5. The van der Waals surface area contributed by atoms with Crippen LogP contribution >= 0.6 is 0 Å². The number of azo groups is 1. The minimum atomic E-state index is -0.656. The summed E-state index contributed by atoms with van der Waals surface area (Å²) >= 11 is 0. The summed E-state index contributed by atoms with van der Waals surface area (Å²) in [5, 5.41) is 16.8. The average molecular weight is 274 g/mol. The number of Topliss-reactive ketones (excluding diaryl/α,β-unsaturated/α-hetero) is 1. The van der Waals surface area contributed by atoms with Gasteiger partial charge in [-0.2, -0.15) is 0 Å². The van der Waals surface area contributed by atoms with Gasteiger partial charge in [0.15, 0.2) is 0 Å². The Labute approximate surface area is 119 Å². The molecule has 2 aliphatic carbocycles. The molecule has 108 valence electrons. The second kappa shape index (κ2) is 3.80. The number of nitrogens with zero attached hydrogens (tertiary/aromatic N) is 2. The van der Waals surface area contributed by atoms with Crippen molar-refractivity contribution >= 4 is 5.78 Å². The lowest BCUT2D eigenvalue weighted by Crippen LogP contribution is -2.48. The summed E-state index contributed by atoms with van der Waals surface area (Å²) in [6, 6.07) is 0. The third-order valence-corrected chi connectivity index (χ3v) is 6.31. The van der Waals surface area contributed by atoms with Crippen molar-refractivity contribution in [2.24, 2.45) is 22.4 Å². The van der Waals surface area contributed by atoms with E-state index < -0.39 is 11.1 Å². The molecule has 1 heterocycles. The van der Waals surface area contributed by atoms with Crippen molar-refractivity contribution in [3.8, 4) is 0 Å². The van der Waals surface area contributed by atoms with Crippen molar-refractivity contribution in [2.75, 3.05) is 0 Å². The van der Waals surface area contributed by atoms with E-state index in [1.165, 1.54) is 0 Å². The number of ketones is 1. The van der Waals surface area contributed by atoms with Crippen LogP contribution in [0.4, 0.5) is 0 Å². The van der Waals surface area contributed by atoms with Crippen LogP contribution in [-0.4, -0.2) is 21.7 Å². The number of fused-ring (bicyclic) bond motifs is 5. The third-order valence-electron chi connectivity index (χ3n) is 6.31. The van der Waals surface area contributed by atoms with E-state index in [0.717, 1.165) is 11.3 Å². The quantitative estimate of drug-likeness (QED) is 0.503. The molecule has 4 nitrogen and oxygen atoms in total. The lowest BCUT2D eigenvalue weighted by molar-refractivity contribution is -0.615. The zero-order valence-corrected chi connectivity index (χ0v) is 12.6. The lowest BCUT2D eigenvalue weighted by atomic mass is 9.67. The van der Waals surface area contributed by atoms with Gasteiger partial charge in [-0.1, -0.05) is 43.0 Å². The maximum absolute atomic E-state index is 12.7. The highest BCUT2D eigenvalue weighted by atomic mass is 16.5. The number of hydrogen-bond acceptors (Lipinski definition) is 3. The minimum absolute atomic E-state index is 0.0762. The molecule has 0 aromatic rings. The van der Waals surface area contributed by atoms with E-state index in [4.69, 9.17) is 0 Å². The van der Waals surface area contributed by atoms with Crippen LogP contribution < -0.4 is 0 Å². The Bertz CT molecular complexity index is 561. The molecule has 1 fully saturated rings. The largest absolute Gasteiger partial charge is 0.599 e. The summed E-state index contributed by atoms with van der Waals surface area (Å²) in [7, 11) is 0.